The van der Waals surface area contributed by atoms with Crippen molar-refractivity contribution in [2.45, 2.75) is 32.9 Å². The number of rotatable bonds is 5. The highest BCUT2D eigenvalue weighted by Crippen LogP contribution is 2.43. The maximum absolute atomic E-state index is 13.1. The highest BCUT2D eigenvalue weighted by molar-refractivity contribution is 6.51. The van der Waals surface area contributed by atoms with Crippen LogP contribution in [0, 0.1) is 6.92 Å². The molecule has 31 heavy (non-hydrogen) atoms. The zero-order chi connectivity index (χ0) is 22.1. The lowest BCUT2D eigenvalue weighted by atomic mass is 9.99. The van der Waals surface area contributed by atoms with E-state index < -0.39 is 17.7 Å². The van der Waals surface area contributed by atoms with Crippen molar-refractivity contribution in [3.8, 4) is 5.75 Å². The summed E-state index contributed by atoms with van der Waals surface area (Å²) in [5, 5.41) is 11.2. The number of benzene rings is 2. The van der Waals surface area contributed by atoms with Gasteiger partial charge in [0.2, 0.25) is 0 Å². The molecule has 1 unspecified atom stereocenters. The maximum atomic E-state index is 13.1. The summed E-state index contributed by atoms with van der Waals surface area (Å²) in [6, 6.07) is 16.6. The lowest BCUT2D eigenvalue weighted by molar-refractivity contribution is -0.132. The molecule has 0 spiro atoms. The molecule has 1 aliphatic heterocycles. The van der Waals surface area contributed by atoms with E-state index in [1.54, 1.807) is 48.5 Å². The van der Waals surface area contributed by atoms with E-state index in [0.717, 1.165) is 5.56 Å². The maximum Gasteiger partial charge on any atom is 0.300 e. The fourth-order valence-corrected chi connectivity index (χ4v) is 3.78. The second-order valence-corrected chi connectivity index (χ2v) is 7.67. The summed E-state index contributed by atoms with van der Waals surface area (Å²) in [5.41, 5.74) is 1.78. The lowest BCUT2D eigenvalue weighted by Crippen LogP contribution is -2.29. The summed E-state index contributed by atoms with van der Waals surface area (Å²) in [7, 11) is 0. The van der Waals surface area contributed by atoms with Crippen molar-refractivity contribution >= 4 is 23.1 Å². The molecule has 1 aliphatic rings. The normalized spacial score (nSPS) is 18.1. The Morgan fingerprint density at radius 3 is 2.52 bits per heavy atom. The van der Waals surface area contributed by atoms with Gasteiger partial charge in [0.15, 0.2) is 0 Å². The molecule has 1 amide bonds. The Morgan fingerprint density at radius 2 is 1.84 bits per heavy atom. The molecule has 1 N–H and O–H groups in total. The average molecular weight is 417 g/mol. The average Bonchev–Trinajstić information content (AvgIpc) is 3.35. The number of Topliss-reactive ketones (excluding diaryl/α,β-unsaturated/α-hetero) is 1. The van der Waals surface area contributed by atoms with E-state index in [2.05, 4.69) is 0 Å². The zero-order valence-corrected chi connectivity index (χ0v) is 17.5. The molecule has 3 aromatic rings. The van der Waals surface area contributed by atoms with Crippen LogP contribution in [0.4, 0.5) is 5.69 Å². The Morgan fingerprint density at radius 1 is 1.06 bits per heavy atom. The number of aryl methyl sites for hydroxylation is 1. The number of hydrogen-bond acceptors (Lipinski definition) is 5. The number of aliphatic hydroxyl groups excluding tert-OH is 1. The number of nitrogens with zero attached hydrogens (tertiary/aromatic N) is 1. The summed E-state index contributed by atoms with van der Waals surface area (Å²) in [5.74, 6) is -0.811. The molecule has 0 saturated carbocycles. The van der Waals surface area contributed by atoms with E-state index in [-0.39, 0.29) is 17.4 Å². The van der Waals surface area contributed by atoms with E-state index in [1.165, 1.54) is 11.2 Å². The van der Waals surface area contributed by atoms with Crippen molar-refractivity contribution in [1.29, 1.82) is 0 Å². The van der Waals surface area contributed by atoms with E-state index in [1.807, 2.05) is 32.9 Å². The Kier molecular flexibility index (Phi) is 5.38. The minimum atomic E-state index is -0.884. The first kappa shape index (κ1) is 20.5. The standard InChI is InChI=1S/C25H23NO5/c1-15(2)31-18-10-6-9-17(14-18)23(27)21-22(20-12-7-13-30-20)26(25(29)24(21)28)19-11-5-4-8-16(19)3/h4-15,22,27H,1-3H3/b23-21-. The molecule has 2 aromatic carbocycles. The van der Waals surface area contributed by atoms with Gasteiger partial charge in [-0.2, -0.15) is 0 Å². The third-order valence-corrected chi connectivity index (χ3v) is 5.11. The summed E-state index contributed by atoms with van der Waals surface area (Å²) in [6.45, 7) is 5.66. The minimum Gasteiger partial charge on any atom is -0.507 e. The van der Waals surface area contributed by atoms with Crippen LogP contribution in [0.15, 0.2) is 76.9 Å². The van der Waals surface area contributed by atoms with Crippen molar-refractivity contribution in [3.63, 3.8) is 0 Å². The second kappa shape index (κ2) is 8.14. The van der Waals surface area contributed by atoms with Gasteiger partial charge in [-0.05, 0) is 56.7 Å². The fourth-order valence-electron chi connectivity index (χ4n) is 3.78. The van der Waals surface area contributed by atoms with Gasteiger partial charge in [-0.1, -0.05) is 30.3 Å². The monoisotopic (exact) mass is 417 g/mol. The summed E-state index contributed by atoms with van der Waals surface area (Å²) >= 11 is 0. The van der Waals surface area contributed by atoms with Crippen molar-refractivity contribution < 1.29 is 23.8 Å². The van der Waals surface area contributed by atoms with Crippen LogP contribution >= 0.6 is 0 Å². The van der Waals surface area contributed by atoms with Crippen molar-refractivity contribution in [2.75, 3.05) is 4.90 Å². The van der Waals surface area contributed by atoms with Crippen molar-refractivity contribution in [3.05, 3.63) is 89.4 Å². The topological polar surface area (TPSA) is 80.0 Å². The van der Waals surface area contributed by atoms with Gasteiger partial charge in [-0.15, -0.1) is 0 Å². The number of hydrogen-bond donors (Lipinski definition) is 1. The first-order valence-corrected chi connectivity index (χ1v) is 10.1. The molecule has 1 aromatic heterocycles. The third-order valence-electron chi connectivity index (χ3n) is 5.11. The van der Waals surface area contributed by atoms with Crippen LogP contribution < -0.4 is 9.64 Å². The Bertz CT molecular complexity index is 1160. The Hall–Kier alpha value is -3.80. The third kappa shape index (κ3) is 3.72. The molecular weight excluding hydrogens is 394 g/mol. The van der Waals surface area contributed by atoms with Crippen LogP contribution in [0.25, 0.3) is 5.76 Å². The van der Waals surface area contributed by atoms with E-state index >= 15 is 0 Å². The number of ketones is 1. The molecule has 0 aliphatic carbocycles. The number of furan rings is 1. The summed E-state index contributed by atoms with van der Waals surface area (Å²) < 4.78 is 11.3. The molecule has 158 valence electrons. The predicted octanol–water partition coefficient (Wildman–Crippen LogP) is 5.00. The highest BCUT2D eigenvalue weighted by Gasteiger charge is 2.48. The molecule has 6 heteroatoms. The lowest BCUT2D eigenvalue weighted by Gasteiger charge is -2.24. The van der Waals surface area contributed by atoms with Gasteiger partial charge < -0.3 is 14.3 Å². The molecular formula is C25H23NO5. The van der Waals surface area contributed by atoms with E-state index in [9.17, 15) is 14.7 Å². The SMILES string of the molecule is Cc1ccccc1N1C(=O)C(=O)/C(=C(\O)c2cccc(OC(C)C)c2)C1c1ccco1. The van der Waals surface area contributed by atoms with Gasteiger partial charge in [0.1, 0.15) is 23.3 Å². The second-order valence-electron chi connectivity index (χ2n) is 7.67. The molecule has 0 bridgehead atoms. The smallest absolute Gasteiger partial charge is 0.300 e. The molecule has 1 fully saturated rings. The Labute approximate surface area is 180 Å². The van der Waals surface area contributed by atoms with Gasteiger partial charge in [-0.3, -0.25) is 14.5 Å². The van der Waals surface area contributed by atoms with Crippen LogP contribution in [-0.2, 0) is 9.59 Å². The van der Waals surface area contributed by atoms with Gasteiger partial charge in [0.25, 0.3) is 11.7 Å². The van der Waals surface area contributed by atoms with Gasteiger partial charge in [0.05, 0.1) is 17.9 Å². The number of carbonyl (C=O) groups excluding carboxylic acids is 2. The van der Waals surface area contributed by atoms with Gasteiger partial charge >= 0.3 is 0 Å². The Balaban J connectivity index is 1.89. The number of anilines is 1. The minimum absolute atomic E-state index is 0.0232. The van der Waals surface area contributed by atoms with Crippen LogP contribution in [0.5, 0.6) is 5.75 Å². The summed E-state index contributed by atoms with van der Waals surface area (Å²) in [4.78, 5) is 27.6. The van der Waals surface area contributed by atoms with Crippen molar-refractivity contribution in [2.24, 2.45) is 0 Å². The van der Waals surface area contributed by atoms with Crippen LogP contribution in [-0.4, -0.2) is 22.9 Å². The molecule has 4 rings (SSSR count). The van der Waals surface area contributed by atoms with E-state index in [4.69, 9.17) is 9.15 Å². The van der Waals surface area contributed by atoms with Crippen LogP contribution in [0.3, 0.4) is 0 Å². The number of ether oxygens (including phenoxy) is 1. The fraction of sp³-hybridized carbons (Fsp3) is 0.200. The zero-order valence-electron chi connectivity index (χ0n) is 17.5. The van der Waals surface area contributed by atoms with Gasteiger partial charge in [0, 0.05) is 11.3 Å². The first-order valence-electron chi connectivity index (χ1n) is 10.1. The molecule has 0 radical (unpaired) electrons. The molecule has 6 nitrogen and oxygen atoms in total. The quantitative estimate of drug-likeness (QED) is 0.359. The largest absolute Gasteiger partial charge is 0.507 e. The highest BCUT2D eigenvalue weighted by atomic mass is 16.5. The number of amides is 1. The summed E-state index contributed by atoms with van der Waals surface area (Å²) in [6.07, 6.45) is 1.43. The predicted molar refractivity (Wildman–Crippen MR) is 117 cm³/mol. The van der Waals surface area contributed by atoms with Gasteiger partial charge in [-0.25, -0.2) is 0 Å². The number of aliphatic hydroxyl groups is 1. The number of carbonyl (C=O) groups is 2. The molecule has 1 saturated heterocycles. The van der Waals surface area contributed by atoms with Crippen LogP contribution in [0.2, 0.25) is 0 Å². The molecule has 1 atom stereocenters. The van der Waals surface area contributed by atoms with Crippen LogP contribution in [0.1, 0.15) is 36.8 Å². The van der Waals surface area contributed by atoms with E-state index in [0.29, 0.717) is 22.8 Å². The first-order chi connectivity index (χ1) is 14.9. The van der Waals surface area contributed by atoms with Crippen molar-refractivity contribution in [1.82, 2.24) is 0 Å². The molecule has 2 heterocycles. The number of para-hydroxylation sites is 1.